The van der Waals surface area contributed by atoms with Crippen molar-refractivity contribution in [3.8, 4) is 0 Å². The first-order valence-electron chi connectivity index (χ1n) is 8.58. The van der Waals surface area contributed by atoms with Gasteiger partial charge in [-0.05, 0) is 6.42 Å². The van der Waals surface area contributed by atoms with Crippen LogP contribution in [0.15, 0.2) is 0 Å². The third-order valence-corrected chi connectivity index (χ3v) is 3.18. The van der Waals surface area contributed by atoms with Gasteiger partial charge in [0.15, 0.2) is 0 Å². The minimum absolute atomic E-state index is 0.0249. The highest BCUT2D eigenvalue weighted by molar-refractivity contribution is 6.32. The van der Waals surface area contributed by atoms with Crippen LogP contribution < -0.4 is 5.11 Å². The fraction of sp³-hybridized carbons (Fsp3) is 0.706. The average Bonchev–Trinajstić information content (AvgIpc) is 2.56. The van der Waals surface area contributed by atoms with E-state index in [0.29, 0.717) is 11.0 Å². The molecule has 0 spiro atoms. The summed E-state index contributed by atoms with van der Waals surface area (Å²) in [7, 11) is 5.63. The molecule has 0 aromatic carbocycles. The van der Waals surface area contributed by atoms with Crippen LogP contribution >= 0.6 is 0 Å². The number of ketones is 1. The summed E-state index contributed by atoms with van der Waals surface area (Å²) >= 11 is 0. The molecule has 11 nitrogen and oxygen atoms in total. The van der Waals surface area contributed by atoms with E-state index in [1.807, 2.05) is 21.1 Å². The maximum absolute atomic E-state index is 12.0. The van der Waals surface area contributed by atoms with Crippen molar-refractivity contribution in [1.29, 1.82) is 0 Å². The summed E-state index contributed by atoms with van der Waals surface area (Å²) in [6.45, 7) is 2.49. The van der Waals surface area contributed by atoms with Crippen LogP contribution in [0.25, 0.3) is 0 Å². The Morgan fingerprint density at radius 2 is 1.61 bits per heavy atom. The first kappa shape index (κ1) is 25.5. The topological polar surface area (TPSA) is 145 Å². The summed E-state index contributed by atoms with van der Waals surface area (Å²) in [6.07, 6.45) is -3.57. The lowest BCUT2D eigenvalue weighted by Crippen LogP contribution is -2.41. The van der Waals surface area contributed by atoms with Gasteiger partial charge in [-0.1, -0.05) is 6.92 Å². The summed E-state index contributed by atoms with van der Waals surface area (Å²) in [5.74, 6) is -5.76. The average molecular weight is 405 g/mol. The van der Waals surface area contributed by atoms with Gasteiger partial charge in [0.1, 0.15) is 25.9 Å². The first-order chi connectivity index (χ1) is 12.9. The fourth-order valence-electron chi connectivity index (χ4n) is 1.58. The van der Waals surface area contributed by atoms with E-state index in [1.165, 1.54) is 6.92 Å². The SMILES string of the molecule is CCC(OC(=O)CCOC(=O)C(OCC[N+](C)(C)C)OC(=O)C(C)=O)C(=O)[O-]. The molecule has 0 amide bonds. The van der Waals surface area contributed by atoms with Crippen molar-refractivity contribution in [1.82, 2.24) is 0 Å². The van der Waals surface area contributed by atoms with E-state index in [4.69, 9.17) is 9.47 Å². The number of rotatable bonds is 13. The number of carboxylic acids is 1. The zero-order valence-electron chi connectivity index (χ0n) is 16.7. The zero-order valence-corrected chi connectivity index (χ0v) is 16.7. The Kier molecular flexibility index (Phi) is 10.9. The van der Waals surface area contributed by atoms with Crippen LogP contribution in [0.5, 0.6) is 0 Å². The second-order valence-electron chi connectivity index (χ2n) is 6.80. The number of likely N-dealkylation sites (N-methyl/N-ethyl adjacent to an activating group) is 1. The number of carbonyl (C=O) groups is 5. The Labute approximate surface area is 163 Å². The van der Waals surface area contributed by atoms with Crippen molar-refractivity contribution in [2.24, 2.45) is 0 Å². The normalized spacial score (nSPS) is 13.2. The summed E-state index contributed by atoms with van der Waals surface area (Å²) in [4.78, 5) is 56.7. The molecule has 0 radical (unpaired) electrons. The summed E-state index contributed by atoms with van der Waals surface area (Å²) < 4.78 is 19.8. The van der Waals surface area contributed by atoms with E-state index in [9.17, 15) is 29.1 Å². The van der Waals surface area contributed by atoms with Crippen LogP contribution in [-0.2, 0) is 42.9 Å². The molecular formula is C17H27NO10. The lowest BCUT2D eigenvalue weighted by molar-refractivity contribution is -0.870. The van der Waals surface area contributed by atoms with Gasteiger partial charge in [-0.2, -0.15) is 0 Å². The van der Waals surface area contributed by atoms with Gasteiger partial charge in [-0.15, -0.1) is 0 Å². The summed E-state index contributed by atoms with van der Waals surface area (Å²) in [6, 6.07) is 0. The summed E-state index contributed by atoms with van der Waals surface area (Å²) in [5, 5.41) is 10.7. The number of Topliss-reactive ketones (excluding diaryl/α,β-unsaturated/α-hetero) is 1. The molecule has 0 aromatic heterocycles. The molecule has 160 valence electrons. The molecule has 0 aliphatic heterocycles. The van der Waals surface area contributed by atoms with E-state index < -0.39 is 55.1 Å². The molecule has 0 aliphatic carbocycles. The number of hydrogen-bond donors (Lipinski definition) is 0. The number of ether oxygens (including phenoxy) is 4. The third-order valence-electron chi connectivity index (χ3n) is 3.18. The molecule has 0 saturated heterocycles. The molecule has 0 saturated carbocycles. The number of carboxylic acid groups (broad SMARTS) is 1. The van der Waals surface area contributed by atoms with E-state index in [1.54, 1.807) is 0 Å². The zero-order chi connectivity index (χ0) is 21.9. The van der Waals surface area contributed by atoms with Gasteiger partial charge < -0.3 is 33.3 Å². The molecule has 0 N–H and O–H groups in total. The Bertz CT molecular complexity index is 581. The standard InChI is InChI=1S/C17H27NO10/c1-6-12(14(21)22)27-13(20)7-9-25-16(24)17(28-15(23)11(2)19)26-10-8-18(3,4)5/h12,17H,6-10H2,1-5H3. The number of carbonyl (C=O) groups excluding carboxylic acids is 5. The Morgan fingerprint density at radius 3 is 2.07 bits per heavy atom. The molecule has 2 unspecified atom stereocenters. The monoisotopic (exact) mass is 405 g/mol. The molecule has 11 heteroatoms. The van der Waals surface area contributed by atoms with Gasteiger partial charge in [0.2, 0.25) is 5.78 Å². The molecule has 0 fully saturated rings. The highest BCUT2D eigenvalue weighted by Gasteiger charge is 2.28. The van der Waals surface area contributed by atoms with Gasteiger partial charge in [-0.3, -0.25) is 9.59 Å². The highest BCUT2D eigenvalue weighted by Crippen LogP contribution is 2.04. The maximum Gasteiger partial charge on any atom is 0.377 e. The van der Waals surface area contributed by atoms with Gasteiger partial charge in [0.25, 0.3) is 0 Å². The van der Waals surface area contributed by atoms with Crippen LogP contribution in [0.2, 0.25) is 0 Å². The number of nitrogens with zero attached hydrogens (tertiary/aromatic N) is 1. The van der Waals surface area contributed by atoms with Crippen LogP contribution in [0.3, 0.4) is 0 Å². The van der Waals surface area contributed by atoms with Crippen molar-refractivity contribution in [3.05, 3.63) is 0 Å². The van der Waals surface area contributed by atoms with Gasteiger partial charge in [0, 0.05) is 6.92 Å². The van der Waals surface area contributed by atoms with Crippen LogP contribution in [0.4, 0.5) is 0 Å². The predicted octanol–water partition coefficient (Wildman–Crippen LogP) is -1.83. The predicted molar refractivity (Wildman–Crippen MR) is 90.2 cm³/mol. The number of esters is 3. The third kappa shape index (κ3) is 11.2. The second kappa shape index (κ2) is 12.0. The number of quaternary nitrogens is 1. The maximum atomic E-state index is 12.0. The molecule has 0 aliphatic rings. The van der Waals surface area contributed by atoms with E-state index in [0.717, 1.165) is 6.92 Å². The minimum atomic E-state index is -1.77. The molecule has 2 atom stereocenters. The van der Waals surface area contributed by atoms with E-state index >= 15 is 0 Å². The quantitative estimate of drug-likeness (QED) is 0.113. The highest BCUT2D eigenvalue weighted by atomic mass is 16.7. The molecule has 0 aromatic rings. The fourth-order valence-corrected chi connectivity index (χ4v) is 1.58. The molecule has 0 bridgehead atoms. The molecular weight excluding hydrogens is 378 g/mol. The first-order valence-corrected chi connectivity index (χ1v) is 8.58. The van der Waals surface area contributed by atoms with Gasteiger partial charge in [0.05, 0.1) is 33.5 Å². The van der Waals surface area contributed by atoms with Crippen molar-refractivity contribution >= 4 is 29.7 Å². The Balaban J connectivity index is 4.64. The lowest BCUT2D eigenvalue weighted by Gasteiger charge is -2.24. The van der Waals surface area contributed by atoms with Crippen molar-refractivity contribution < 1.29 is 52.5 Å². The lowest BCUT2D eigenvalue weighted by atomic mass is 10.3. The Hall–Kier alpha value is -2.53. The van der Waals surface area contributed by atoms with Crippen LogP contribution in [-0.4, -0.2) is 87.4 Å². The minimum Gasteiger partial charge on any atom is -0.546 e. The van der Waals surface area contributed by atoms with Crippen LogP contribution in [0, 0.1) is 0 Å². The van der Waals surface area contributed by atoms with Gasteiger partial charge >= 0.3 is 24.2 Å². The smallest absolute Gasteiger partial charge is 0.377 e. The van der Waals surface area contributed by atoms with E-state index in [2.05, 4.69) is 9.47 Å². The van der Waals surface area contributed by atoms with Crippen molar-refractivity contribution in [2.45, 2.75) is 39.1 Å². The second-order valence-corrected chi connectivity index (χ2v) is 6.80. The van der Waals surface area contributed by atoms with Crippen molar-refractivity contribution in [3.63, 3.8) is 0 Å². The van der Waals surface area contributed by atoms with E-state index in [-0.39, 0.29) is 13.0 Å². The molecule has 28 heavy (non-hydrogen) atoms. The van der Waals surface area contributed by atoms with Gasteiger partial charge in [-0.25, -0.2) is 9.59 Å². The summed E-state index contributed by atoms with van der Waals surface area (Å²) in [5.41, 5.74) is 0. The van der Waals surface area contributed by atoms with Crippen LogP contribution in [0.1, 0.15) is 26.7 Å². The van der Waals surface area contributed by atoms with Crippen molar-refractivity contribution in [2.75, 3.05) is 40.9 Å². The molecule has 0 rings (SSSR count). The molecule has 0 heterocycles. The largest absolute Gasteiger partial charge is 0.546 e. The Morgan fingerprint density at radius 1 is 1.00 bits per heavy atom. The number of hydrogen-bond acceptors (Lipinski definition) is 10. The number of aliphatic carboxylic acids is 1.